The van der Waals surface area contributed by atoms with Gasteiger partial charge in [0.15, 0.2) is 11.8 Å². The zero-order chi connectivity index (χ0) is 13.9. The summed E-state index contributed by atoms with van der Waals surface area (Å²) in [5, 5.41) is 0. The molecule has 0 unspecified atom stereocenters. The van der Waals surface area contributed by atoms with Gasteiger partial charge in [-0.15, -0.1) is 0 Å². The lowest BCUT2D eigenvalue weighted by Crippen LogP contribution is -2.82. The first-order chi connectivity index (χ1) is 7.55. The highest BCUT2D eigenvalue weighted by Crippen LogP contribution is 2.67. The molecular weight excluding hydrogens is 225 g/mol. The molecule has 0 aliphatic heterocycles. The Morgan fingerprint density at radius 3 is 1.71 bits per heavy atom. The molecule has 0 aliphatic carbocycles. The van der Waals surface area contributed by atoms with Gasteiger partial charge in [0.2, 0.25) is 0 Å². The lowest BCUT2D eigenvalue weighted by Gasteiger charge is -2.35. The smallest absolute Gasteiger partial charge is 0.179 e. The minimum absolute atomic E-state index is 0.187. The average molecular weight is 259 g/mol. The van der Waals surface area contributed by atoms with E-state index in [1.54, 1.807) is 0 Å². The molecule has 17 heavy (non-hydrogen) atoms. The summed E-state index contributed by atoms with van der Waals surface area (Å²) in [5.41, 5.74) is 2.55. The van der Waals surface area contributed by atoms with Crippen LogP contribution in [0.5, 0.6) is 0 Å². The Kier molecular flexibility index (Phi) is 6.36. The fraction of sp³-hybridized carbons (Fsp3) is 0.933. The summed E-state index contributed by atoms with van der Waals surface area (Å²) < 4.78 is 0. The zero-order valence-electron chi connectivity index (χ0n) is 13.5. The van der Waals surface area contributed by atoms with Crippen molar-refractivity contribution in [3.8, 4) is 0 Å². The molecule has 0 fully saturated rings. The molecule has 1 nitrogen and oxygen atoms in total. The topological polar surface area (TPSA) is 14.0 Å². The van der Waals surface area contributed by atoms with Crippen molar-refractivity contribution in [2.45, 2.75) is 84.3 Å². The Morgan fingerprint density at radius 2 is 1.47 bits per heavy atom. The molecule has 2 heteroatoms. The van der Waals surface area contributed by atoms with Crippen LogP contribution >= 0.6 is 7.26 Å². The van der Waals surface area contributed by atoms with E-state index < -0.39 is 7.26 Å². The van der Waals surface area contributed by atoms with E-state index in [0.29, 0.717) is 0 Å². The third-order valence-corrected chi connectivity index (χ3v) is 10.5. The first-order valence-electron chi connectivity index (χ1n) is 7.02. The lowest BCUT2D eigenvalue weighted by atomic mass is 10.1. The van der Waals surface area contributed by atoms with E-state index in [9.17, 15) is 0 Å². The van der Waals surface area contributed by atoms with Crippen LogP contribution in [0.4, 0.5) is 0 Å². The van der Waals surface area contributed by atoms with E-state index in [4.69, 9.17) is 0 Å². The third-order valence-electron chi connectivity index (χ3n) is 4.07. The van der Waals surface area contributed by atoms with E-state index in [1.165, 1.54) is 6.42 Å². The highest BCUT2D eigenvalue weighted by molar-refractivity contribution is 7.77. The summed E-state index contributed by atoms with van der Waals surface area (Å²) in [7, 11) is -0.927. The van der Waals surface area contributed by atoms with Gasteiger partial charge in [-0.05, 0) is 54.9 Å². The predicted molar refractivity (Wildman–Crippen MR) is 84.0 cm³/mol. The molecule has 0 aromatic rings. The zero-order valence-corrected chi connectivity index (χ0v) is 14.4. The quantitative estimate of drug-likeness (QED) is 0.576. The summed E-state index contributed by atoms with van der Waals surface area (Å²) in [6, 6.07) is 0. The van der Waals surface area contributed by atoms with Gasteiger partial charge in [-0.25, -0.2) is 4.99 Å². The molecular formula is C15H34NP+2. The molecule has 0 radical (unpaired) electrons. The van der Waals surface area contributed by atoms with Gasteiger partial charge in [0.1, 0.15) is 5.66 Å². The second-order valence-electron chi connectivity index (χ2n) is 6.95. The van der Waals surface area contributed by atoms with E-state index >= 15 is 0 Å². The fourth-order valence-corrected chi connectivity index (χ4v) is 6.29. The Labute approximate surface area is 110 Å². The SMILES string of the molecule is CC[C@H](C=[NH+]C(C)(C)C)[P+](C)(C(C)C)C(C)C. The van der Waals surface area contributed by atoms with Crippen LogP contribution < -0.4 is 4.99 Å². The van der Waals surface area contributed by atoms with Gasteiger partial charge < -0.3 is 0 Å². The first kappa shape index (κ1) is 17.1. The highest BCUT2D eigenvalue weighted by atomic mass is 31.2. The van der Waals surface area contributed by atoms with E-state index in [1.807, 2.05) is 0 Å². The monoisotopic (exact) mass is 259 g/mol. The number of hydrogen-bond donors (Lipinski definition) is 1. The third kappa shape index (κ3) is 4.70. The van der Waals surface area contributed by atoms with Gasteiger partial charge in [0.25, 0.3) is 0 Å². The van der Waals surface area contributed by atoms with Crippen LogP contribution in [0.25, 0.3) is 0 Å². The van der Waals surface area contributed by atoms with Crippen LogP contribution in [0.2, 0.25) is 0 Å². The van der Waals surface area contributed by atoms with Crippen molar-refractivity contribution in [3.63, 3.8) is 0 Å². The average Bonchev–Trinajstić information content (AvgIpc) is 2.15. The number of hydrogen-bond acceptors (Lipinski definition) is 0. The van der Waals surface area contributed by atoms with Crippen molar-refractivity contribution in [3.05, 3.63) is 0 Å². The van der Waals surface area contributed by atoms with Gasteiger partial charge in [-0.2, -0.15) is 0 Å². The van der Waals surface area contributed by atoms with Gasteiger partial charge in [0.05, 0.1) is 18.0 Å². The first-order valence-corrected chi connectivity index (χ1v) is 9.46. The standard InChI is InChI=1S/C15H33NP/c1-10-14(11-16-15(6,7)8)17(9,12(2)3)13(4)5/h11-14H,10H2,1-9H3/q+1/p+1/t14-/m1/s1. The van der Waals surface area contributed by atoms with Crippen LogP contribution in [0.3, 0.4) is 0 Å². The second kappa shape index (κ2) is 6.32. The van der Waals surface area contributed by atoms with Gasteiger partial charge >= 0.3 is 0 Å². The van der Waals surface area contributed by atoms with E-state index in [-0.39, 0.29) is 5.54 Å². The number of rotatable bonds is 5. The van der Waals surface area contributed by atoms with Crippen LogP contribution in [-0.2, 0) is 0 Å². The summed E-state index contributed by atoms with van der Waals surface area (Å²) in [5.74, 6) is 0. The van der Waals surface area contributed by atoms with Crippen molar-refractivity contribution in [2.75, 3.05) is 6.66 Å². The lowest BCUT2D eigenvalue weighted by molar-refractivity contribution is -0.535. The Hall–Kier alpha value is 0.100. The van der Waals surface area contributed by atoms with Crippen LogP contribution in [0.1, 0.15) is 61.8 Å². The molecule has 0 saturated carbocycles. The normalized spacial score (nSPS) is 16.2. The van der Waals surface area contributed by atoms with E-state index in [0.717, 1.165) is 17.0 Å². The van der Waals surface area contributed by atoms with Crippen molar-refractivity contribution < 1.29 is 4.99 Å². The minimum Gasteiger partial charge on any atom is -0.244 e. The molecule has 0 rings (SSSR count). The van der Waals surface area contributed by atoms with Crippen molar-refractivity contribution in [2.24, 2.45) is 0 Å². The maximum absolute atomic E-state index is 3.59. The van der Waals surface area contributed by atoms with Crippen LogP contribution in [-0.4, -0.2) is 35.4 Å². The largest absolute Gasteiger partial charge is 0.244 e. The number of nitrogens with one attached hydrogen (secondary N) is 1. The Balaban J connectivity index is 5.14. The molecule has 0 aliphatic rings. The predicted octanol–water partition coefficient (Wildman–Crippen LogP) is 3.18. The van der Waals surface area contributed by atoms with Crippen LogP contribution in [0.15, 0.2) is 0 Å². The Morgan fingerprint density at radius 1 is 1.06 bits per heavy atom. The molecule has 0 saturated heterocycles. The molecule has 0 aromatic carbocycles. The van der Waals surface area contributed by atoms with Gasteiger partial charge in [-0.1, -0.05) is 6.92 Å². The molecule has 0 spiro atoms. The second-order valence-corrected chi connectivity index (χ2v) is 12.1. The molecule has 102 valence electrons. The van der Waals surface area contributed by atoms with Crippen molar-refractivity contribution >= 4 is 13.5 Å². The minimum atomic E-state index is -0.927. The summed E-state index contributed by atoms with van der Waals surface area (Å²) in [6.07, 6.45) is 3.65. The van der Waals surface area contributed by atoms with Gasteiger partial charge in [0, 0.05) is 7.26 Å². The highest BCUT2D eigenvalue weighted by Gasteiger charge is 2.46. The van der Waals surface area contributed by atoms with E-state index in [2.05, 4.69) is 73.3 Å². The summed E-state index contributed by atoms with van der Waals surface area (Å²) in [6.45, 7) is 21.2. The van der Waals surface area contributed by atoms with Crippen molar-refractivity contribution in [1.29, 1.82) is 0 Å². The summed E-state index contributed by atoms with van der Waals surface area (Å²) in [4.78, 5) is 3.59. The molecule has 1 N–H and O–H groups in total. The maximum Gasteiger partial charge on any atom is 0.179 e. The molecule has 0 amide bonds. The Bertz CT molecular complexity index is 240. The van der Waals surface area contributed by atoms with Crippen molar-refractivity contribution in [1.82, 2.24) is 0 Å². The van der Waals surface area contributed by atoms with Crippen LogP contribution in [0, 0.1) is 0 Å². The molecule has 0 bridgehead atoms. The molecule has 1 atom stereocenters. The fourth-order valence-electron chi connectivity index (χ4n) is 2.38. The van der Waals surface area contributed by atoms with Gasteiger partial charge in [-0.3, -0.25) is 0 Å². The molecule has 0 heterocycles. The molecule has 0 aromatic heterocycles. The summed E-state index contributed by atoms with van der Waals surface area (Å²) >= 11 is 0. The maximum atomic E-state index is 3.59.